The number of hydrogen-bond donors (Lipinski definition) is 4. The van der Waals surface area contributed by atoms with Gasteiger partial charge in [0.25, 0.3) is 6.47 Å². The molecule has 0 spiro atoms. The van der Waals surface area contributed by atoms with Gasteiger partial charge < -0.3 is 34.6 Å². The molecule has 10 nitrogen and oxygen atoms in total. The van der Waals surface area contributed by atoms with Gasteiger partial charge in [-0.3, -0.25) is 4.79 Å². The van der Waals surface area contributed by atoms with Crippen LogP contribution in [0.1, 0.15) is 4.28 Å². The van der Waals surface area contributed by atoms with Crippen molar-refractivity contribution >= 4 is 12.6 Å². The largest absolute Gasteiger partial charge is 0 e. The summed E-state index contributed by atoms with van der Waals surface area (Å²) in [5, 5.41) is 28.0. The van der Waals surface area contributed by atoms with E-state index in [1.807, 2.05) is 0 Å². The van der Waals surface area contributed by atoms with E-state index < -0.39 is 6.16 Å². The molecule has 0 aliphatic heterocycles. The Bertz CT molecular complexity index is 133. The van der Waals surface area contributed by atoms with Crippen LogP contribution in [0.5, 0.6) is 0 Å². The van der Waals surface area contributed by atoms with Gasteiger partial charge in [0.05, 0.1) is 21.3 Å². The molecule has 0 bridgehead atoms. The third-order valence-corrected chi connectivity index (χ3v) is 0.430. The third kappa shape index (κ3) is 348. The van der Waals surface area contributed by atoms with Gasteiger partial charge in [0.2, 0.25) is 0 Å². The average molecular weight is 312 g/mol. The molecule has 0 aromatic heterocycles. The van der Waals surface area contributed by atoms with E-state index in [1.165, 1.54) is 21.3 Å². The summed E-state index contributed by atoms with van der Waals surface area (Å²) >= 11 is 0. The summed E-state index contributed by atoms with van der Waals surface area (Å²) < 4.78 is 19.4. The standard InChI is InChI=1S/C3H6O3.C2H4O2.4CH4O.CO.3H2/c1-5-3(4)6-2;1-4-2-3;5*1-2;;;/h1-2H3;2H,1H3;4*2H,1H3;;3*1H. The second kappa shape index (κ2) is 163. The van der Waals surface area contributed by atoms with Crippen LogP contribution < -0.4 is 0 Å². The zero-order valence-corrected chi connectivity index (χ0v) is 12.8. The van der Waals surface area contributed by atoms with Gasteiger partial charge in [-0.15, -0.1) is 0 Å². The first-order chi connectivity index (χ1) is 9.72. The topological polar surface area (TPSA) is 163 Å². The maximum atomic E-state index is 9.74. The van der Waals surface area contributed by atoms with E-state index in [0.29, 0.717) is 6.47 Å². The van der Waals surface area contributed by atoms with Crippen molar-refractivity contribution in [1.82, 2.24) is 0 Å². The van der Waals surface area contributed by atoms with Gasteiger partial charge in [-0.25, -0.2) is 4.79 Å². The normalized spacial score (nSPS) is 4.45. The van der Waals surface area contributed by atoms with Gasteiger partial charge in [0, 0.05) is 32.7 Å². The van der Waals surface area contributed by atoms with E-state index in [4.69, 9.17) is 29.9 Å². The number of methoxy groups -OCH3 is 3. The first kappa shape index (κ1) is 42.9. The molecule has 0 aliphatic rings. The van der Waals surface area contributed by atoms with Gasteiger partial charge in [0.15, 0.2) is 0 Å². The first-order valence-corrected chi connectivity index (χ1v) is 4.30. The van der Waals surface area contributed by atoms with E-state index in [0.717, 1.165) is 28.4 Å². The van der Waals surface area contributed by atoms with Gasteiger partial charge >= 0.3 is 17.5 Å². The third-order valence-electron chi connectivity index (χ3n) is 0.430. The number of carbonyl (C=O) groups excluding carboxylic acids is 2. The fraction of sp³-hybridized carbons (Fsp3) is 0.700. The molecule has 0 heterocycles. The molecule has 20 heavy (non-hydrogen) atoms. The van der Waals surface area contributed by atoms with Crippen molar-refractivity contribution in [2.24, 2.45) is 0 Å². The summed E-state index contributed by atoms with van der Waals surface area (Å²) in [5.41, 5.74) is 0. The minimum Gasteiger partial charge on any atom is 0 e. The van der Waals surface area contributed by atoms with E-state index >= 15 is 0 Å². The predicted octanol–water partition coefficient (Wildman–Crippen LogP) is -0.677. The summed E-state index contributed by atoms with van der Waals surface area (Å²) in [7, 11) is 7.82. The molecule has 132 valence electrons. The maximum Gasteiger partial charge on any atom is 0 e. The van der Waals surface area contributed by atoms with E-state index in [9.17, 15) is 4.79 Å². The Morgan fingerprint density at radius 1 is 0.900 bits per heavy atom. The second-order valence-corrected chi connectivity index (χ2v) is 0.990. The minimum absolute atomic E-state index is 0. The molecule has 0 fully saturated rings. The zero-order valence-electron chi connectivity index (χ0n) is 12.8. The van der Waals surface area contributed by atoms with Crippen LogP contribution in [0.25, 0.3) is 0 Å². The van der Waals surface area contributed by atoms with Crippen molar-refractivity contribution in [1.29, 1.82) is 0 Å². The monoisotopic (exact) mass is 312 g/mol. The van der Waals surface area contributed by atoms with E-state index in [-0.39, 0.29) is 4.28 Å². The fourth-order valence-electron chi connectivity index (χ4n) is 0.0833. The van der Waals surface area contributed by atoms with Crippen molar-refractivity contribution in [2.75, 3.05) is 49.8 Å². The Labute approximate surface area is 123 Å². The molecule has 0 radical (unpaired) electrons. The van der Waals surface area contributed by atoms with E-state index in [2.05, 4.69) is 20.9 Å². The maximum absolute atomic E-state index is 9.74. The Morgan fingerprint density at radius 3 is 1.05 bits per heavy atom. The number of carbonyl (C=O) groups is 2. The molecule has 0 atom stereocenters. The van der Waals surface area contributed by atoms with Crippen molar-refractivity contribution in [3.05, 3.63) is 6.65 Å². The fourth-order valence-corrected chi connectivity index (χ4v) is 0.0833. The summed E-state index contributed by atoms with van der Waals surface area (Å²) in [6, 6.07) is 0. The van der Waals surface area contributed by atoms with Crippen molar-refractivity contribution in [3.8, 4) is 0 Å². The van der Waals surface area contributed by atoms with Gasteiger partial charge in [-0.1, -0.05) is 0 Å². The van der Waals surface area contributed by atoms with Crippen LogP contribution in [0.3, 0.4) is 0 Å². The second-order valence-electron chi connectivity index (χ2n) is 0.990. The Balaban J connectivity index is -0.0000000112. The molecule has 0 amide bonds. The molecule has 0 aromatic carbocycles. The van der Waals surface area contributed by atoms with Gasteiger partial charge in [0.1, 0.15) is 0 Å². The molecular formula is C10H32O10. The van der Waals surface area contributed by atoms with E-state index in [1.54, 1.807) is 0 Å². The molecule has 4 N–H and O–H groups in total. The van der Waals surface area contributed by atoms with Crippen molar-refractivity contribution in [3.63, 3.8) is 0 Å². The van der Waals surface area contributed by atoms with Crippen molar-refractivity contribution < 1.29 is 53.2 Å². The summed E-state index contributed by atoms with van der Waals surface area (Å²) in [5.74, 6) is 0. The van der Waals surface area contributed by atoms with Gasteiger partial charge in [-0.05, 0) is 0 Å². The van der Waals surface area contributed by atoms with Gasteiger partial charge in [-0.2, -0.15) is 0 Å². The van der Waals surface area contributed by atoms with Crippen LogP contribution in [-0.2, 0) is 23.7 Å². The Kier molecular flexibility index (Phi) is 350. The number of hydrogen-bond acceptors (Lipinski definition) is 9. The van der Waals surface area contributed by atoms with Crippen LogP contribution in [0.4, 0.5) is 4.79 Å². The predicted molar refractivity (Wildman–Crippen MR) is 75.3 cm³/mol. The van der Waals surface area contributed by atoms with Crippen LogP contribution in [0, 0.1) is 6.65 Å². The summed E-state index contributed by atoms with van der Waals surface area (Å²) in [4.78, 5) is 18.7. The molecule has 0 aliphatic carbocycles. The van der Waals surface area contributed by atoms with Crippen LogP contribution in [0.15, 0.2) is 0 Å². The SMILES string of the molecule is CO.CO.CO.CO.COC(=O)OC.COC=O.[C-]#[O+].[HH].[HH].[HH]. The molecular weight excluding hydrogens is 280 g/mol. The zero-order chi connectivity index (χ0) is 18.4. The van der Waals surface area contributed by atoms with Crippen LogP contribution in [0.2, 0.25) is 0 Å². The number of ether oxygens (including phenoxy) is 3. The van der Waals surface area contributed by atoms with Crippen LogP contribution >= 0.6 is 0 Å². The number of aliphatic hydroxyl groups is 4. The molecule has 0 rings (SSSR count). The number of aliphatic hydroxyl groups excluding tert-OH is 4. The summed E-state index contributed by atoms with van der Waals surface area (Å²) in [6.07, 6.45) is -0.657. The number of rotatable bonds is 1. The molecule has 0 saturated carbocycles. The molecule has 0 saturated heterocycles. The molecule has 10 heteroatoms. The minimum atomic E-state index is -0.657. The molecule has 0 unspecified atom stereocenters. The smallest absolute Gasteiger partial charge is 0 e. The summed E-state index contributed by atoms with van der Waals surface area (Å²) in [6.45, 7) is 4.88. The Morgan fingerprint density at radius 2 is 1.05 bits per heavy atom. The molecule has 0 aromatic rings. The Hall–Kier alpha value is -1.68. The first-order valence-electron chi connectivity index (χ1n) is 4.30. The average Bonchev–Trinajstić information content (AvgIpc) is 2.63. The quantitative estimate of drug-likeness (QED) is 0.212. The van der Waals surface area contributed by atoms with Crippen LogP contribution in [-0.4, -0.2) is 82.8 Å². The van der Waals surface area contributed by atoms with Crippen molar-refractivity contribution in [2.45, 2.75) is 0 Å².